The highest BCUT2D eigenvalue weighted by atomic mass is 19.4. The molecule has 0 rings (SSSR count). The summed E-state index contributed by atoms with van der Waals surface area (Å²) in [4.78, 5) is 0. The minimum Gasteiger partial charge on any atom is -0.314 e. The Morgan fingerprint density at radius 3 is 2.50 bits per heavy atom. The fourth-order valence-electron chi connectivity index (χ4n) is 1.34. The zero-order chi connectivity index (χ0) is 11.0. The summed E-state index contributed by atoms with van der Waals surface area (Å²) in [5.74, 6) is 0. The highest BCUT2D eigenvalue weighted by Crippen LogP contribution is 2.23. The summed E-state index contributed by atoms with van der Waals surface area (Å²) in [5.41, 5.74) is 0. The molecule has 0 bridgehead atoms. The van der Waals surface area contributed by atoms with Crippen LogP contribution in [-0.2, 0) is 0 Å². The maximum absolute atomic E-state index is 11.8. The van der Waals surface area contributed by atoms with Gasteiger partial charge in [0.05, 0.1) is 0 Å². The van der Waals surface area contributed by atoms with Crippen LogP contribution in [0.25, 0.3) is 0 Å². The largest absolute Gasteiger partial charge is 0.389 e. The van der Waals surface area contributed by atoms with Crippen LogP contribution in [0.15, 0.2) is 12.7 Å². The van der Waals surface area contributed by atoms with Crippen LogP contribution >= 0.6 is 0 Å². The smallest absolute Gasteiger partial charge is 0.314 e. The minimum atomic E-state index is -4.02. The lowest BCUT2D eigenvalue weighted by Gasteiger charge is -2.16. The van der Waals surface area contributed by atoms with Crippen molar-refractivity contribution >= 4 is 0 Å². The number of alkyl halides is 3. The van der Waals surface area contributed by atoms with E-state index in [0.29, 0.717) is 6.42 Å². The summed E-state index contributed by atoms with van der Waals surface area (Å²) in [5, 5.41) is 3.13. The molecule has 0 amide bonds. The monoisotopic (exact) mass is 209 g/mol. The second-order valence-electron chi connectivity index (χ2n) is 3.29. The third kappa shape index (κ3) is 8.10. The zero-order valence-electron chi connectivity index (χ0n) is 8.53. The molecule has 0 saturated heterocycles. The zero-order valence-corrected chi connectivity index (χ0v) is 8.53. The Balaban J connectivity index is 3.65. The number of rotatable bonds is 7. The average molecular weight is 209 g/mol. The van der Waals surface area contributed by atoms with Gasteiger partial charge in [-0.2, -0.15) is 13.2 Å². The van der Waals surface area contributed by atoms with Gasteiger partial charge in [-0.05, 0) is 25.8 Å². The van der Waals surface area contributed by atoms with E-state index >= 15 is 0 Å². The van der Waals surface area contributed by atoms with Gasteiger partial charge in [0.1, 0.15) is 0 Å². The molecule has 1 nitrogen and oxygen atoms in total. The van der Waals surface area contributed by atoms with E-state index in [1.54, 1.807) is 6.08 Å². The molecule has 0 aromatic heterocycles. The first-order chi connectivity index (χ1) is 6.49. The molecular formula is C10H18F3N. The Hall–Kier alpha value is -0.510. The SMILES string of the molecule is C=CCC(CCCC(F)(F)F)NCC. The Labute approximate surface area is 83.4 Å². The maximum atomic E-state index is 11.8. The van der Waals surface area contributed by atoms with Gasteiger partial charge in [-0.1, -0.05) is 13.0 Å². The molecule has 84 valence electrons. The highest BCUT2D eigenvalue weighted by Gasteiger charge is 2.26. The molecule has 0 aromatic carbocycles. The van der Waals surface area contributed by atoms with Crippen molar-refractivity contribution in [2.75, 3.05) is 6.54 Å². The van der Waals surface area contributed by atoms with Gasteiger partial charge >= 0.3 is 6.18 Å². The van der Waals surface area contributed by atoms with Crippen LogP contribution in [0.1, 0.15) is 32.6 Å². The van der Waals surface area contributed by atoms with E-state index < -0.39 is 12.6 Å². The highest BCUT2D eigenvalue weighted by molar-refractivity contribution is 4.77. The van der Waals surface area contributed by atoms with Crippen LogP contribution in [0.4, 0.5) is 13.2 Å². The summed E-state index contributed by atoms with van der Waals surface area (Å²) in [6, 6.07) is 0.139. The molecule has 14 heavy (non-hydrogen) atoms. The molecule has 0 aliphatic carbocycles. The molecule has 0 saturated carbocycles. The van der Waals surface area contributed by atoms with Gasteiger partial charge < -0.3 is 5.32 Å². The molecular weight excluding hydrogens is 191 g/mol. The number of halogens is 3. The molecule has 0 radical (unpaired) electrons. The molecule has 0 heterocycles. The maximum Gasteiger partial charge on any atom is 0.389 e. The van der Waals surface area contributed by atoms with Crippen molar-refractivity contribution in [1.82, 2.24) is 5.32 Å². The molecule has 0 fully saturated rings. The summed E-state index contributed by atoms with van der Waals surface area (Å²) in [6.07, 6.45) is -1.50. The second kappa shape index (κ2) is 6.87. The van der Waals surface area contributed by atoms with Crippen molar-refractivity contribution in [3.8, 4) is 0 Å². The first-order valence-electron chi connectivity index (χ1n) is 4.90. The number of hydrogen-bond acceptors (Lipinski definition) is 1. The lowest BCUT2D eigenvalue weighted by molar-refractivity contribution is -0.135. The molecule has 4 heteroatoms. The molecule has 0 aromatic rings. The van der Waals surface area contributed by atoms with Gasteiger partial charge in [0.2, 0.25) is 0 Å². The molecule has 1 atom stereocenters. The van der Waals surface area contributed by atoms with Crippen LogP contribution < -0.4 is 5.32 Å². The van der Waals surface area contributed by atoms with Crippen molar-refractivity contribution in [2.24, 2.45) is 0 Å². The van der Waals surface area contributed by atoms with E-state index in [0.717, 1.165) is 13.0 Å². The van der Waals surface area contributed by atoms with E-state index in [1.165, 1.54) is 0 Å². The average Bonchev–Trinajstić information content (AvgIpc) is 2.02. The predicted octanol–water partition coefficient (Wildman–Crippen LogP) is 3.27. The second-order valence-corrected chi connectivity index (χ2v) is 3.29. The van der Waals surface area contributed by atoms with Crippen LogP contribution in [0.2, 0.25) is 0 Å². The van der Waals surface area contributed by atoms with Crippen LogP contribution in [-0.4, -0.2) is 18.8 Å². The van der Waals surface area contributed by atoms with Crippen LogP contribution in [0.5, 0.6) is 0 Å². The van der Waals surface area contributed by atoms with E-state index in [2.05, 4.69) is 11.9 Å². The first-order valence-corrected chi connectivity index (χ1v) is 4.90. The first kappa shape index (κ1) is 13.5. The van der Waals surface area contributed by atoms with Crippen molar-refractivity contribution in [1.29, 1.82) is 0 Å². The summed E-state index contributed by atoms with van der Waals surface area (Å²) in [7, 11) is 0. The van der Waals surface area contributed by atoms with Crippen molar-refractivity contribution < 1.29 is 13.2 Å². The Kier molecular flexibility index (Phi) is 6.62. The minimum absolute atomic E-state index is 0.139. The quantitative estimate of drug-likeness (QED) is 0.634. The Morgan fingerprint density at radius 2 is 2.07 bits per heavy atom. The van der Waals surface area contributed by atoms with E-state index in [-0.39, 0.29) is 12.5 Å². The number of nitrogens with one attached hydrogen (secondary N) is 1. The van der Waals surface area contributed by atoms with Gasteiger partial charge in [-0.3, -0.25) is 0 Å². The fraction of sp³-hybridized carbons (Fsp3) is 0.800. The molecule has 0 aliphatic rings. The van der Waals surface area contributed by atoms with Gasteiger partial charge in [0, 0.05) is 12.5 Å². The van der Waals surface area contributed by atoms with Gasteiger partial charge in [-0.25, -0.2) is 0 Å². The lowest BCUT2D eigenvalue weighted by atomic mass is 10.1. The summed E-state index contributed by atoms with van der Waals surface area (Å²) >= 11 is 0. The Bertz CT molecular complexity index is 154. The number of hydrogen-bond donors (Lipinski definition) is 1. The van der Waals surface area contributed by atoms with E-state index in [1.807, 2.05) is 6.92 Å². The summed E-state index contributed by atoms with van der Waals surface area (Å²) in [6.45, 7) is 6.30. The van der Waals surface area contributed by atoms with Gasteiger partial charge in [0.25, 0.3) is 0 Å². The third-order valence-corrected chi connectivity index (χ3v) is 1.96. The van der Waals surface area contributed by atoms with E-state index in [9.17, 15) is 13.2 Å². The van der Waals surface area contributed by atoms with Crippen molar-refractivity contribution in [3.63, 3.8) is 0 Å². The van der Waals surface area contributed by atoms with E-state index in [4.69, 9.17) is 0 Å². The van der Waals surface area contributed by atoms with Crippen LogP contribution in [0, 0.1) is 0 Å². The van der Waals surface area contributed by atoms with Crippen molar-refractivity contribution in [3.05, 3.63) is 12.7 Å². The molecule has 0 aliphatic heterocycles. The normalized spacial score (nSPS) is 14.0. The molecule has 0 spiro atoms. The van der Waals surface area contributed by atoms with Crippen LogP contribution in [0.3, 0.4) is 0 Å². The molecule has 1 unspecified atom stereocenters. The standard InChI is InChI=1S/C10H18F3N/c1-3-6-9(14-4-2)7-5-8-10(11,12)13/h3,9,14H,1,4-8H2,2H3. The van der Waals surface area contributed by atoms with Gasteiger partial charge in [-0.15, -0.1) is 6.58 Å². The lowest BCUT2D eigenvalue weighted by Crippen LogP contribution is -2.28. The third-order valence-electron chi connectivity index (χ3n) is 1.96. The summed E-state index contributed by atoms with van der Waals surface area (Å²) < 4.78 is 35.5. The van der Waals surface area contributed by atoms with Gasteiger partial charge in [0.15, 0.2) is 0 Å². The topological polar surface area (TPSA) is 12.0 Å². The molecule has 1 N–H and O–H groups in total. The Morgan fingerprint density at radius 1 is 1.43 bits per heavy atom. The van der Waals surface area contributed by atoms with Crippen molar-refractivity contribution in [2.45, 2.75) is 44.8 Å². The predicted molar refractivity (Wildman–Crippen MR) is 52.2 cm³/mol. The fourth-order valence-corrected chi connectivity index (χ4v) is 1.34.